The number of aromatic nitrogens is 2. The molecule has 288 valence electrons. The minimum Gasteiger partial charge on any atom is -0.493 e. The Labute approximate surface area is 331 Å². The highest BCUT2D eigenvalue weighted by Gasteiger charge is 2.27. The maximum Gasteiger partial charge on any atom is 0.488 e. The van der Waals surface area contributed by atoms with Gasteiger partial charge in [-0.2, -0.15) is 0 Å². The van der Waals surface area contributed by atoms with Gasteiger partial charge in [0.15, 0.2) is 11.5 Å². The minimum atomic E-state index is -1.35. The molecule has 54 heavy (non-hydrogen) atoms. The standard InChI is InChI=1S/C19H22ClN3O3.C11H13Cl2N3O.C8H11BO2/c1-25-16-4-3-13(9-17(16)26-2)14-10-22-11-15(20)18(14)23-7-5-12(6-8-23)19(21)24;12-8-5-15-6-9(13)10(8)16-3-1-7(2-4-16)11(14)17;1-6-3-4-8(9(10)11)5-7(6)2/h3-4,9-12H,5-8H2,1-2H3,(H2,21,24);5-7H,1-4H2,(H2,14,17);3-5,10-11H,1-2H3. The second-order valence-corrected chi connectivity index (χ2v) is 14.3. The van der Waals surface area contributed by atoms with Gasteiger partial charge in [-0.15, -0.1) is 0 Å². The smallest absolute Gasteiger partial charge is 0.488 e. The van der Waals surface area contributed by atoms with Gasteiger partial charge in [-0.25, -0.2) is 0 Å². The van der Waals surface area contributed by atoms with Crippen molar-refractivity contribution < 1.29 is 29.1 Å². The molecule has 4 heterocycles. The number of hydrogen-bond acceptors (Lipinski definition) is 10. The molecule has 2 amide bonds. The Kier molecular flexibility index (Phi) is 15.6. The molecule has 6 rings (SSSR count). The molecule has 12 nitrogen and oxygen atoms in total. The van der Waals surface area contributed by atoms with Crippen molar-refractivity contribution in [2.24, 2.45) is 23.3 Å². The topological polar surface area (TPSA) is 177 Å². The van der Waals surface area contributed by atoms with E-state index in [-0.39, 0.29) is 23.7 Å². The summed E-state index contributed by atoms with van der Waals surface area (Å²) >= 11 is 18.7. The Hall–Kier alpha value is -4.27. The lowest BCUT2D eigenvalue weighted by Gasteiger charge is -2.34. The Morgan fingerprint density at radius 2 is 1.19 bits per heavy atom. The summed E-state index contributed by atoms with van der Waals surface area (Å²) in [6, 6.07) is 11.1. The van der Waals surface area contributed by atoms with Crippen LogP contribution in [0, 0.1) is 25.7 Å². The van der Waals surface area contributed by atoms with Crippen LogP contribution in [0.4, 0.5) is 11.4 Å². The van der Waals surface area contributed by atoms with E-state index in [1.54, 1.807) is 51.1 Å². The van der Waals surface area contributed by atoms with Crippen molar-refractivity contribution in [3.05, 3.63) is 87.4 Å². The second kappa shape index (κ2) is 19.9. The van der Waals surface area contributed by atoms with Crippen LogP contribution >= 0.6 is 34.8 Å². The lowest BCUT2D eigenvalue weighted by Crippen LogP contribution is -2.38. The molecule has 2 fully saturated rings. The quantitative estimate of drug-likeness (QED) is 0.174. The lowest BCUT2D eigenvalue weighted by atomic mass is 9.79. The van der Waals surface area contributed by atoms with Crippen molar-refractivity contribution in [3.63, 3.8) is 0 Å². The average Bonchev–Trinajstić information content (AvgIpc) is 3.16. The average molecular weight is 800 g/mol. The first-order valence-corrected chi connectivity index (χ1v) is 18.6. The number of rotatable bonds is 8. The summed E-state index contributed by atoms with van der Waals surface area (Å²) < 4.78 is 10.7. The third-order valence-corrected chi connectivity index (χ3v) is 10.5. The molecule has 4 aromatic rings. The van der Waals surface area contributed by atoms with E-state index < -0.39 is 7.12 Å². The first-order valence-electron chi connectivity index (χ1n) is 17.4. The zero-order chi connectivity index (χ0) is 39.5. The number of methoxy groups -OCH3 is 2. The van der Waals surface area contributed by atoms with Crippen LogP contribution in [0.25, 0.3) is 11.1 Å². The van der Waals surface area contributed by atoms with Crippen molar-refractivity contribution in [1.29, 1.82) is 0 Å². The number of aryl methyl sites for hydroxylation is 2. The van der Waals surface area contributed by atoms with Crippen molar-refractivity contribution in [3.8, 4) is 22.6 Å². The van der Waals surface area contributed by atoms with Gasteiger partial charge < -0.3 is 40.8 Å². The number of benzene rings is 2. The van der Waals surface area contributed by atoms with E-state index in [1.807, 2.05) is 38.1 Å². The molecule has 2 aromatic heterocycles. The number of halogens is 3. The molecule has 2 saturated heterocycles. The number of nitrogens with two attached hydrogens (primary N) is 2. The molecule has 2 aliphatic rings. The zero-order valence-electron chi connectivity index (χ0n) is 30.8. The second-order valence-electron chi connectivity index (χ2n) is 13.1. The molecular formula is C38H46BCl3N6O6. The number of amides is 2. The summed E-state index contributed by atoms with van der Waals surface area (Å²) in [6.07, 6.45) is 9.50. The summed E-state index contributed by atoms with van der Waals surface area (Å²) in [7, 11) is 1.86. The molecule has 6 N–H and O–H groups in total. The van der Waals surface area contributed by atoms with E-state index >= 15 is 0 Å². The van der Waals surface area contributed by atoms with E-state index in [0.717, 1.165) is 85.5 Å². The Morgan fingerprint density at radius 1 is 0.704 bits per heavy atom. The van der Waals surface area contributed by atoms with Crippen LogP contribution in [-0.4, -0.2) is 79.3 Å². The van der Waals surface area contributed by atoms with E-state index in [1.165, 1.54) is 0 Å². The molecule has 2 aromatic carbocycles. The van der Waals surface area contributed by atoms with E-state index in [9.17, 15) is 9.59 Å². The first kappa shape index (κ1) is 42.5. The fraction of sp³-hybridized carbons (Fsp3) is 0.368. The zero-order valence-corrected chi connectivity index (χ0v) is 33.0. The van der Waals surface area contributed by atoms with Gasteiger partial charge in [0, 0.05) is 68.4 Å². The van der Waals surface area contributed by atoms with Crippen LogP contribution in [0.2, 0.25) is 15.1 Å². The highest BCUT2D eigenvalue weighted by molar-refractivity contribution is 6.58. The number of ether oxygens (including phenoxy) is 2. The van der Waals surface area contributed by atoms with Gasteiger partial charge in [-0.05, 0) is 73.8 Å². The van der Waals surface area contributed by atoms with Gasteiger partial charge in [0.25, 0.3) is 0 Å². The molecule has 16 heteroatoms. The molecule has 0 bridgehead atoms. The van der Waals surface area contributed by atoms with E-state index in [4.69, 9.17) is 65.8 Å². The third-order valence-electron chi connectivity index (χ3n) is 9.65. The van der Waals surface area contributed by atoms with Crippen molar-refractivity contribution in [2.75, 3.05) is 50.2 Å². The van der Waals surface area contributed by atoms with Gasteiger partial charge in [0.05, 0.1) is 40.7 Å². The fourth-order valence-corrected chi connectivity index (χ4v) is 7.25. The summed E-state index contributed by atoms with van der Waals surface area (Å²) in [6.45, 7) is 6.84. The maximum absolute atomic E-state index is 11.4. The molecule has 0 saturated carbocycles. The molecular weight excluding hydrogens is 754 g/mol. The summed E-state index contributed by atoms with van der Waals surface area (Å²) in [4.78, 5) is 34.9. The van der Waals surface area contributed by atoms with Gasteiger partial charge in [-0.3, -0.25) is 19.6 Å². The molecule has 2 aliphatic heterocycles. The third kappa shape index (κ3) is 10.9. The number of hydrogen-bond donors (Lipinski definition) is 4. The highest BCUT2D eigenvalue weighted by Crippen LogP contribution is 2.41. The van der Waals surface area contributed by atoms with Gasteiger partial charge in [0.1, 0.15) is 0 Å². The van der Waals surface area contributed by atoms with Crippen LogP contribution in [-0.2, 0) is 9.59 Å². The number of primary amides is 2. The van der Waals surface area contributed by atoms with Crippen LogP contribution in [0.1, 0.15) is 36.8 Å². The molecule has 0 unspecified atom stereocenters. The number of piperidine rings is 2. The molecule has 0 spiro atoms. The van der Waals surface area contributed by atoms with Gasteiger partial charge in [-0.1, -0.05) is 59.1 Å². The predicted molar refractivity (Wildman–Crippen MR) is 216 cm³/mol. The summed E-state index contributed by atoms with van der Waals surface area (Å²) in [5, 5.41) is 19.2. The summed E-state index contributed by atoms with van der Waals surface area (Å²) in [5.74, 6) is 0.739. The van der Waals surface area contributed by atoms with Gasteiger partial charge in [0.2, 0.25) is 11.8 Å². The van der Waals surface area contributed by atoms with Crippen molar-refractivity contribution >= 4 is 70.6 Å². The molecule has 0 atom stereocenters. The SMILES string of the molecule is COc1ccc(-c2cncc(Cl)c2N2CCC(C(N)=O)CC2)cc1OC.Cc1ccc(B(O)O)cc1C.NC(=O)C1CCN(c2c(Cl)cncc2Cl)CC1. The molecule has 0 aliphatic carbocycles. The van der Waals surface area contributed by atoms with Gasteiger partial charge >= 0.3 is 7.12 Å². The van der Waals surface area contributed by atoms with Crippen LogP contribution in [0.3, 0.4) is 0 Å². The normalized spacial score (nSPS) is 14.6. The number of carbonyl (C=O) groups excluding carboxylic acids is 2. The summed E-state index contributed by atoms with van der Waals surface area (Å²) in [5.41, 5.74) is 17.1. The number of pyridine rings is 2. The number of nitrogens with zero attached hydrogens (tertiary/aromatic N) is 4. The Morgan fingerprint density at radius 3 is 1.65 bits per heavy atom. The number of anilines is 2. The first-order chi connectivity index (χ1) is 25.7. The van der Waals surface area contributed by atoms with Crippen LogP contribution in [0.15, 0.2) is 61.2 Å². The Bertz CT molecular complexity index is 1890. The fourth-order valence-electron chi connectivity index (χ4n) is 6.37. The van der Waals surface area contributed by atoms with Crippen molar-refractivity contribution in [1.82, 2.24) is 9.97 Å². The van der Waals surface area contributed by atoms with Crippen molar-refractivity contribution in [2.45, 2.75) is 39.5 Å². The van der Waals surface area contributed by atoms with E-state index in [2.05, 4.69) is 19.8 Å². The van der Waals surface area contributed by atoms with Crippen LogP contribution < -0.4 is 36.2 Å². The highest BCUT2D eigenvalue weighted by atomic mass is 35.5. The lowest BCUT2D eigenvalue weighted by molar-refractivity contribution is -0.123. The predicted octanol–water partition coefficient (Wildman–Crippen LogP) is 5.19. The van der Waals surface area contributed by atoms with Crippen LogP contribution in [0.5, 0.6) is 11.5 Å². The maximum atomic E-state index is 11.4. The minimum absolute atomic E-state index is 0.0364. The van der Waals surface area contributed by atoms with E-state index in [0.29, 0.717) is 32.0 Å². The largest absolute Gasteiger partial charge is 0.493 e. The number of carbonyl (C=O) groups is 2. The Balaban J connectivity index is 0.000000199. The monoisotopic (exact) mass is 798 g/mol. The molecule has 0 radical (unpaired) electrons.